The number of anilines is 2. The third-order valence-corrected chi connectivity index (χ3v) is 3.99. The monoisotopic (exact) mass is 304 g/mol. The highest BCUT2D eigenvalue weighted by Crippen LogP contribution is 2.28. The van der Waals surface area contributed by atoms with Crippen LogP contribution in [0.25, 0.3) is 0 Å². The van der Waals surface area contributed by atoms with Gasteiger partial charge in [0.05, 0.1) is 5.02 Å². The fraction of sp³-hybridized carbons (Fsp3) is 0.100. The number of aryl methyl sites for hydroxylation is 1. The van der Waals surface area contributed by atoms with Gasteiger partial charge >= 0.3 is 0 Å². The normalized spacial score (nSPS) is 11.5. The van der Waals surface area contributed by atoms with Crippen molar-refractivity contribution in [2.45, 2.75) is 4.90 Å². The van der Waals surface area contributed by atoms with Crippen LogP contribution in [-0.2, 0) is 17.1 Å². The first-order valence-corrected chi connectivity index (χ1v) is 6.93. The number of nitrogen functional groups attached to an aromatic ring is 1. The van der Waals surface area contributed by atoms with Crippen LogP contribution in [0, 0.1) is 5.82 Å². The van der Waals surface area contributed by atoms with Gasteiger partial charge in [-0.15, -0.1) is 0 Å². The van der Waals surface area contributed by atoms with Crippen LogP contribution in [0.4, 0.5) is 15.9 Å². The van der Waals surface area contributed by atoms with Crippen LogP contribution in [0.1, 0.15) is 0 Å². The second-order valence-corrected chi connectivity index (χ2v) is 5.81. The largest absolute Gasteiger partial charge is 0.381 e. The Bertz CT molecular complexity index is 709. The van der Waals surface area contributed by atoms with Crippen molar-refractivity contribution in [2.75, 3.05) is 10.5 Å². The second kappa shape index (κ2) is 4.71. The van der Waals surface area contributed by atoms with E-state index in [2.05, 4.69) is 9.82 Å². The van der Waals surface area contributed by atoms with Gasteiger partial charge < -0.3 is 5.73 Å². The number of benzene rings is 1. The second-order valence-electron chi connectivity index (χ2n) is 3.75. The summed E-state index contributed by atoms with van der Waals surface area (Å²) in [5, 5.41) is 3.66. The Balaban J connectivity index is 2.45. The lowest BCUT2D eigenvalue weighted by molar-refractivity contribution is 0.598. The molecular weight excluding hydrogens is 295 g/mol. The molecule has 6 nitrogen and oxygen atoms in total. The van der Waals surface area contributed by atoms with Crippen molar-refractivity contribution in [3.63, 3.8) is 0 Å². The van der Waals surface area contributed by atoms with Crippen LogP contribution in [0.2, 0.25) is 5.02 Å². The van der Waals surface area contributed by atoms with Crippen molar-refractivity contribution in [2.24, 2.45) is 7.05 Å². The minimum absolute atomic E-state index is 0.0500. The summed E-state index contributed by atoms with van der Waals surface area (Å²) in [5.41, 5.74) is 5.15. The molecule has 2 aromatic rings. The number of hydrogen-bond acceptors (Lipinski definition) is 4. The third kappa shape index (κ3) is 2.64. The Morgan fingerprint density at radius 1 is 1.47 bits per heavy atom. The topological polar surface area (TPSA) is 90.0 Å². The van der Waals surface area contributed by atoms with Gasteiger partial charge in [-0.05, 0) is 12.1 Å². The van der Waals surface area contributed by atoms with E-state index >= 15 is 0 Å². The smallest absolute Gasteiger partial charge is 0.267 e. The van der Waals surface area contributed by atoms with Gasteiger partial charge in [-0.25, -0.2) is 12.8 Å². The van der Waals surface area contributed by atoms with Gasteiger partial charge in [-0.3, -0.25) is 9.40 Å². The fourth-order valence-electron chi connectivity index (χ4n) is 1.48. The lowest BCUT2D eigenvalue weighted by Gasteiger charge is -2.09. The zero-order chi connectivity index (χ0) is 14.2. The first-order valence-electron chi connectivity index (χ1n) is 5.07. The molecular formula is C10H10ClFN4O2S. The number of para-hydroxylation sites is 1. The molecule has 0 saturated heterocycles. The van der Waals surface area contributed by atoms with E-state index in [1.807, 2.05) is 0 Å². The van der Waals surface area contributed by atoms with Crippen molar-refractivity contribution in [3.8, 4) is 0 Å². The van der Waals surface area contributed by atoms with E-state index in [-0.39, 0.29) is 21.4 Å². The molecule has 3 N–H and O–H groups in total. The number of hydrogen-bond donors (Lipinski definition) is 2. The molecule has 19 heavy (non-hydrogen) atoms. The quantitative estimate of drug-likeness (QED) is 0.901. The summed E-state index contributed by atoms with van der Waals surface area (Å²) >= 11 is 5.75. The average Bonchev–Trinajstić information content (AvgIpc) is 2.64. The highest BCUT2D eigenvalue weighted by Gasteiger charge is 2.23. The van der Waals surface area contributed by atoms with Gasteiger partial charge in [0.1, 0.15) is 16.4 Å². The van der Waals surface area contributed by atoms with Crippen molar-refractivity contribution in [3.05, 3.63) is 35.2 Å². The Morgan fingerprint density at radius 3 is 2.68 bits per heavy atom. The summed E-state index contributed by atoms with van der Waals surface area (Å²) in [6.07, 6.45) is 1.21. The molecule has 2 rings (SSSR count). The summed E-state index contributed by atoms with van der Waals surface area (Å²) in [7, 11) is -2.53. The highest BCUT2D eigenvalue weighted by atomic mass is 35.5. The van der Waals surface area contributed by atoms with E-state index in [0.29, 0.717) is 0 Å². The van der Waals surface area contributed by atoms with Crippen LogP contribution >= 0.6 is 11.6 Å². The highest BCUT2D eigenvalue weighted by molar-refractivity contribution is 7.92. The van der Waals surface area contributed by atoms with Gasteiger partial charge in [-0.1, -0.05) is 17.7 Å². The molecule has 102 valence electrons. The Hall–Kier alpha value is -1.80. The minimum Gasteiger partial charge on any atom is -0.381 e. The molecule has 1 aromatic heterocycles. The molecule has 0 radical (unpaired) electrons. The Labute approximate surface area is 114 Å². The van der Waals surface area contributed by atoms with Gasteiger partial charge in [0.15, 0.2) is 5.82 Å². The Kier molecular flexibility index (Phi) is 3.38. The molecule has 0 amide bonds. The van der Waals surface area contributed by atoms with Gasteiger partial charge in [0, 0.05) is 13.2 Å². The standard InChI is InChI=1S/C10H10ClFN4O2S/c1-16-5-8(10(13)14-16)19(17,18)15-9-6(11)3-2-4-7(9)12/h2-5,15H,1H3,(H2,13,14). The van der Waals surface area contributed by atoms with Crippen LogP contribution in [0.15, 0.2) is 29.3 Å². The molecule has 0 saturated carbocycles. The minimum atomic E-state index is -4.05. The summed E-state index contributed by atoms with van der Waals surface area (Å²) in [4.78, 5) is -0.241. The van der Waals surface area contributed by atoms with Crippen LogP contribution in [0.3, 0.4) is 0 Å². The number of rotatable bonds is 3. The van der Waals surface area contributed by atoms with Crippen molar-refractivity contribution < 1.29 is 12.8 Å². The summed E-state index contributed by atoms with van der Waals surface area (Å²) in [5.74, 6) is -0.957. The SMILES string of the molecule is Cn1cc(S(=O)(=O)Nc2c(F)cccc2Cl)c(N)n1. The van der Waals surface area contributed by atoms with Crippen molar-refractivity contribution in [1.82, 2.24) is 9.78 Å². The molecule has 0 aliphatic rings. The van der Waals surface area contributed by atoms with E-state index in [9.17, 15) is 12.8 Å². The number of nitrogens with one attached hydrogen (secondary N) is 1. The number of halogens is 2. The zero-order valence-corrected chi connectivity index (χ0v) is 11.3. The molecule has 9 heteroatoms. The zero-order valence-electron chi connectivity index (χ0n) is 9.76. The maximum atomic E-state index is 13.5. The van der Waals surface area contributed by atoms with Crippen LogP contribution in [-0.4, -0.2) is 18.2 Å². The van der Waals surface area contributed by atoms with Gasteiger partial charge in [0.2, 0.25) is 0 Å². The summed E-state index contributed by atoms with van der Waals surface area (Å²) in [6, 6.07) is 3.83. The first-order chi connectivity index (χ1) is 8.81. The molecule has 0 unspecified atom stereocenters. The maximum Gasteiger partial charge on any atom is 0.267 e. The third-order valence-electron chi connectivity index (χ3n) is 2.31. The number of nitrogens with two attached hydrogens (primary N) is 1. The predicted octanol–water partition coefficient (Wildman–Crippen LogP) is 1.60. The molecule has 0 fully saturated rings. The molecule has 0 aliphatic carbocycles. The lowest BCUT2D eigenvalue weighted by atomic mass is 10.3. The maximum absolute atomic E-state index is 13.5. The first kappa shape index (κ1) is 13.6. The van der Waals surface area contributed by atoms with E-state index < -0.39 is 15.8 Å². The molecule has 0 spiro atoms. The Morgan fingerprint density at radius 2 is 2.16 bits per heavy atom. The number of aromatic nitrogens is 2. The van der Waals surface area contributed by atoms with Crippen LogP contribution in [0.5, 0.6) is 0 Å². The molecule has 1 aromatic carbocycles. The predicted molar refractivity (Wildman–Crippen MR) is 69.8 cm³/mol. The van der Waals surface area contributed by atoms with E-state index in [1.54, 1.807) is 0 Å². The van der Waals surface area contributed by atoms with Crippen molar-refractivity contribution in [1.29, 1.82) is 0 Å². The summed E-state index contributed by atoms with van der Waals surface area (Å²) < 4.78 is 41.0. The fourth-order valence-corrected chi connectivity index (χ4v) is 2.94. The van der Waals surface area contributed by atoms with E-state index in [1.165, 1.54) is 30.1 Å². The molecule has 1 heterocycles. The van der Waals surface area contributed by atoms with Gasteiger partial charge in [0.25, 0.3) is 10.0 Å². The molecule has 0 bridgehead atoms. The average molecular weight is 305 g/mol. The van der Waals surface area contributed by atoms with Crippen molar-refractivity contribution >= 4 is 33.1 Å². The number of nitrogens with zero attached hydrogens (tertiary/aromatic N) is 2. The number of sulfonamides is 1. The van der Waals surface area contributed by atoms with Gasteiger partial charge in [-0.2, -0.15) is 5.10 Å². The van der Waals surface area contributed by atoms with Crippen LogP contribution < -0.4 is 10.5 Å². The summed E-state index contributed by atoms with van der Waals surface area (Å²) in [6.45, 7) is 0. The molecule has 0 atom stereocenters. The lowest BCUT2D eigenvalue weighted by Crippen LogP contribution is -2.15. The van der Waals surface area contributed by atoms with E-state index in [0.717, 1.165) is 6.07 Å². The van der Waals surface area contributed by atoms with E-state index in [4.69, 9.17) is 17.3 Å². The molecule has 0 aliphatic heterocycles.